The molecule has 0 aliphatic rings. The molecular weight excluding hydrogens is 194 g/mol. The zero-order chi connectivity index (χ0) is 11.1. The zero-order valence-corrected chi connectivity index (χ0v) is 8.35. The van der Waals surface area contributed by atoms with E-state index in [4.69, 9.17) is 9.84 Å². The summed E-state index contributed by atoms with van der Waals surface area (Å²) in [6.45, 7) is 4.16. The monoisotopic (exact) mass is 207 g/mol. The molecule has 1 heterocycles. The lowest BCUT2D eigenvalue weighted by molar-refractivity contribution is 0.0696. The van der Waals surface area contributed by atoms with Crippen molar-refractivity contribution in [2.24, 2.45) is 0 Å². The molecule has 15 heavy (non-hydrogen) atoms. The molecule has 0 spiro atoms. The third kappa shape index (κ3) is 3.81. The van der Waals surface area contributed by atoms with Gasteiger partial charge in [-0.15, -0.1) is 6.58 Å². The predicted molar refractivity (Wildman–Crippen MR) is 56.1 cm³/mol. The zero-order valence-electron chi connectivity index (χ0n) is 8.35. The minimum atomic E-state index is -0.985. The summed E-state index contributed by atoms with van der Waals surface area (Å²) in [6.07, 6.45) is 4.88. The molecule has 0 fully saturated rings. The van der Waals surface area contributed by atoms with Crippen molar-refractivity contribution in [3.63, 3.8) is 0 Å². The molecule has 0 saturated carbocycles. The normalized spacial score (nSPS) is 9.60. The third-order valence-electron chi connectivity index (χ3n) is 1.79. The molecule has 0 aliphatic heterocycles. The van der Waals surface area contributed by atoms with E-state index in [0.29, 0.717) is 12.5 Å². The van der Waals surface area contributed by atoms with Gasteiger partial charge in [-0.25, -0.2) is 9.78 Å². The van der Waals surface area contributed by atoms with Crippen LogP contribution in [0.1, 0.15) is 23.2 Å². The molecule has 0 saturated heterocycles. The van der Waals surface area contributed by atoms with Crippen molar-refractivity contribution in [1.82, 2.24) is 4.98 Å². The molecule has 1 rings (SSSR count). The number of hydrogen-bond acceptors (Lipinski definition) is 3. The summed E-state index contributed by atoms with van der Waals surface area (Å²) in [6, 6.07) is 3.02. The molecule has 4 heteroatoms. The van der Waals surface area contributed by atoms with E-state index in [-0.39, 0.29) is 5.56 Å². The second-order valence-electron chi connectivity index (χ2n) is 2.97. The number of carboxylic acids is 1. The maximum Gasteiger partial charge on any atom is 0.337 e. The lowest BCUT2D eigenvalue weighted by atomic mass is 10.3. The molecular formula is C11H13NO3. The van der Waals surface area contributed by atoms with Gasteiger partial charge < -0.3 is 9.84 Å². The van der Waals surface area contributed by atoms with Gasteiger partial charge in [0.05, 0.1) is 12.2 Å². The Hall–Kier alpha value is -1.84. The molecule has 0 amide bonds. The van der Waals surface area contributed by atoms with E-state index in [9.17, 15) is 4.79 Å². The average Bonchev–Trinajstić information content (AvgIpc) is 2.25. The summed E-state index contributed by atoms with van der Waals surface area (Å²) < 4.78 is 5.29. The van der Waals surface area contributed by atoms with Crippen LogP contribution in [0.3, 0.4) is 0 Å². The van der Waals surface area contributed by atoms with E-state index in [0.717, 1.165) is 12.8 Å². The standard InChI is InChI=1S/C11H13NO3/c1-2-3-4-7-15-10-6-5-9(8-12-10)11(13)14/h2,5-6,8H,1,3-4,7H2,(H,13,14). The summed E-state index contributed by atoms with van der Waals surface area (Å²) >= 11 is 0. The Bertz CT molecular complexity index is 332. The van der Waals surface area contributed by atoms with Crippen molar-refractivity contribution in [3.8, 4) is 5.88 Å². The number of carboxylic acid groups (broad SMARTS) is 1. The fourth-order valence-corrected chi connectivity index (χ4v) is 0.997. The van der Waals surface area contributed by atoms with Gasteiger partial charge in [0.1, 0.15) is 0 Å². The van der Waals surface area contributed by atoms with Gasteiger partial charge in [0.2, 0.25) is 5.88 Å². The fraction of sp³-hybridized carbons (Fsp3) is 0.273. The summed E-state index contributed by atoms with van der Waals surface area (Å²) in [5.41, 5.74) is 0.161. The first-order valence-corrected chi connectivity index (χ1v) is 4.67. The van der Waals surface area contributed by atoms with Gasteiger partial charge in [-0.1, -0.05) is 6.08 Å². The van der Waals surface area contributed by atoms with E-state index in [2.05, 4.69) is 11.6 Å². The van der Waals surface area contributed by atoms with E-state index < -0.39 is 5.97 Å². The Morgan fingerprint density at radius 2 is 2.40 bits per heavy atom. The quantitative estimate of drug-likeness (QED) is 0.573. The van der Waals surface area contributed by atoms with Crippen LogP contribution in [-0.4, -0.2) is 22.7 Å². The lowest BCUT2D eigenvalue weighted by Crippen LogP contribution is -2.01. The average molecular weight is 207 g/mol. The second kappa shape index (κ2) is 5.80. The Labute approximate surface area is 88.2 Å². The van der Waals surface area contributed by atoms with Crippen LogP contribution < -0.4 is 4.74 Å². The molecule has 0 radical (unpaired) electrons. The third-order valence-corrected chi connectivity index (χ3v) is 1.79. The van der Waals surface area contributed by atoms with Crippen LogP contribution in [0.2, 0.25) is 0 Å². The topological polar surface area (TPSA) is 59.4 Å². The van der Waals surface area contributed by atoms with Crippen LogP contribution >= 0.6 is 0 Å². The molecule has 0 bridgehead atoms. The largest absolute Gasteiger partial charge is 0.478 e. The highest BCUT2D eigenvalue weighted by Crippen LogP contribution is 2.08. The Balaban J connectivity index is 2.42. The minimum absolute atomic E-state index is 0.161. The number of aromatic nitrogens is 1. The Morgan fingerprint density at radius 3 is 2.93 bits per heavy atom. The van der Waals surface area contributed by atoms with Crippen molar-refractivity contribution >= 4 is 5.97 Å². The van der Waals surface area contributed by atoms with Crippen LogP contribution in [0, 0.1) is 0 Å². The summed E-state index contributed by atoms with van der Waals surface area (Å²) in [7, 11) is 0. The summed E-state index contributed by atoms with van der Waals surface area (Å²) in [5.74, 6) is -0.537. The maximum atomic E-state index is 10.5. The van der Waals surface area contributed by atoms with E-state index in [1.165, 1.54) is 12.3 Å². The van der Waals surface area contributed by atoms with Crippen LogP contribution in [0.25, 0.3) is 0 Å². The molecule has 0 aromatic carbocycles. The van der Waals surface area contributed by atoms with Gasteiger partial charge in [-0.2, -0.15) is 0 Å². The first-order chi connectivity index (χ1) is 7.24. The Morgan fingerprint density at radius 1 is 1.60 bits per heavy atom. The first kappa shape index (κ1) is 11.2. The number of unbranched alkanes of at least 4 members (excludes halogenated alkanes) is 1. The molecule has 80 valence electrons. The van der Waals surface area contributed by atoms with Gasteiger partial charge in [0.25, 0.3) is 0 Å². The van der Waals surface area contributed by atoms with Crippen molar-refractivity contribution in [2.45, 2.75) is 12.8 Å². The van der Waals surface area contributed by atoms with Crippen LogP contribution in [-0.2, 0) is 0 Å². The number of hydrogen-bond donors (Lipinski definition) is 1. The molecule has 1 aromatic rings. The SMILES string of the molecule is C=CCCCOc1ccc(C(=O)O)cn1. The van der Waals surface area contributed by atoms with Gasteiger partial charge in [-0.05, 0) is 18.9 Å². The lowest BCUT2D eigenvalue weighted by Gasteiger charge is -2.03. The summed E-state index contributed by atoms with van der Waals surface area (Å²) in [5, 5.41) is 8.63. The smallest absolute Gasteiger partial charge is 0.337 e. The number of allylic oxidation sites excluding steroid dienone is 1. The molecule has 4 nitrogen and oxygen atoms in total. The predicted octanol–water partition coefficient (Wildman–Crippen LogP) is 2.12. The van der Waals surface area contributed by atoms with Crippen molar-refractivity contribution in [2.75, 3.05) is 6.61 Å². The molecule has 1 N–H and O–H groups in total. The van der Waals surface area contributed by atoms with Gasteiger partial charge >= 0.3 is 5.97 Å². The molecule has 0 atom stereocenters. The number of nitrogens with zero attached hydrogens (tertiary/aromatic N) is 1. The number of carbonyl (C=O) groups is 1. The van der Waals surface area contributed by atoms with Gasteiger partial charge in [0.15, 0.2) is 0 Å². The second-order valence-corrected chi connectivity index (χ2v) is 2.97. The molecule has 0 unspecified atom stereocenters. The van der Waals surface area contributed by atoms with Crippen LogP contribution in [0.15, 0.2) is 31.0 Å². The van der Waals surface area contributed by atoms with Gasteiger partial charge in [0, 0.05) is 12.3 Å². The number of pyridine rings is 1. The number of rotatable bonds is 6. The van der Waals surface area contributed by atoms with Crippen molar-refractivity contribution in [1.29, 1.82) is 0 Å². The Kier molecular flexibility index (Phi) is 4.34. The van der Waals surface area contributed by atoms with Crippen LogP contribution in [0.5, 0.6) is 5.88 Å². The van der Waals surface area contributed by atoms with Gasteiger partial charge in [-0.3, -0.25) is 0 Å². The number of aromatic carboxylic acids is 1. The maximum absolute atomic E-state index is 10.5. The highest BCUT2D eigenvalue weighted by molar-refractivity contribution is 5.87. The van der Waals surface area contributed by atoms with E-state index in [1.807, 2.05) is 6.08 Å². The van der Waals surface area contributed by atoms with Crippen LogP contribution in [0.4, 0.5) is 0 Å². The minimum Gasteiger partial charge on any atom is -0.478 e. The van der Waals surface area contributed by atoms with Crippen molar-refractivity contribution < 1.29 is 14.6 Å². The highest BCUT2D eigenvalue weighted by atomic mass is 16.5. The highest BCUT2D eigenvalue weighted by Gasteiger charge is 2.02. The summed E-state index contributed by atoms with van der Waals surface area (Å²) in [4.78, 5) is 14.4. The molecule has 1 aromatic heterocycles. The van der Waals surface area contributed by atoms with E-state index >= 15 is 0 Å². The molecule has 0 aliphatic carbocycles. The number of ether oxygens (including phenoxy) is 1. The van der Waals surface area contributed by atoms with Crippen molar-refractivity contribution in [3.05, 3.63) is 36.5 Å². The fourth-order valence-electron chi connectivity index (χ4n) is 0.997. The van der Waals surface area contributed by atoms with E-state index in [1.54, 1.807) is 6.07 Å². The first-order valence-electron chi connectivity index (χ1n) is 4.67.